The van der Waals surface area contributed by atoms with Gasteiger partial charge in [0.15, 0.2) is 0 Å². The third-order valence-electron chi connectivity index (χ3n) is 2.31. The van der Waals surface area contributed by atoms with Gasteiger partial charge in [0.25, 0.3) is 0 Å². The molecular formula is C11H14F2N2O2. The van der Waals surface area contributed by atoms with Gasteiger partial charge in [0.05, 0.1) is 12.8 Å². The van der Waals surface area contributed by atoms with Crippen LogP contribution in [0.2, 0.25) is 0 Å². The molecule has 0 heterocycles. The largest absolute Gasteiger partial charge is 0.345 e. The predicted octanol–water partition coefficient (Wildman–Crippen LogP) is 2.55. The van der Waals surface area contributed by atoms with E-state index in [9.17, 15) is 13.6 Å². The molecule has 0 atom stereocenters. The van der Waals surface area contributed by atoms with Crippen LogP contribution in [-0.2, 0) is 11.3 Å². The molecule has 0 aliphatic heterocycles. The molecule has 0 saturated carbocycles. The molecule has 0 aliphatic rings. The van der Waals surface area contributed by atoms with Crippen molar-refractivity contribution in [1.29, 1.82) is 0 Å². The molecule has 2 amide bonds. The number of amides is 2. The Morgan fingerprint density at radius 2 is 2.12 bits per heavy atom. The van der Waals surface area contributed by atoms with Crippen LogP contribution in [0.4, 0.5) is 19.3 Å². The molecule has 1 N–H and O–H groups in total. The minimum Gasteiger partial charge on any atom is -0.303 e. The molecule has 17 heavy (non-hydrogen) atoms. The highest BCUT2D eigenvalue weighted by Crippen LogP contribution is 2.22. The van der Waals surface area contributed by atoms with Gasteiger partial charge in [0, 0.05) is 13.1 Å². The lowest BCUT2D eigenvalue weighted by Gasteiger charge is -2.17. The van der Waals surface area contributed by atoms with E-state index in [1.165, 1.54) is 20.2 Å². The lowest BCUT2D eigenvalue weighted by atomic mass is 10.1. The molecule has 0 spiro atoms. The predicted molar refractivity (Wildman–Crippen MR) is 59.5 cm³/mol. The maximum absolute atomic E-state index is 13.5. The van der Waals surface area contributed by atoms with Crippen molar-refractivity contribution in [2.75, 3.05) is 19.5 Å². The minimum atomic E-state index is -0.806. The summed E-state index contributed by atoms with van der Waals surface area (Å²) in [6.07, 6.45) is 0.404. The summed E-state index contributed by atoms with van der Waals surface area (Å²) in [4.78, 5) is 16.1. The zero-order valence-corrected chi connectivity index (χ0v) is 9.88. The van der Waals surface area contributed by atoms with Crippen molar-refractivity contribution in [2.45, 2.75) is 13.3 Å². The standard InChI is InChI=1S/C11H14F2N2O2/c1-4-7-5-8(12)6-9(13)10(7)14-11(16)15(2)17-3/h5-6H,4H2,1-3H3,(H,14,16). The number of benzene rings is 1. The lowest BCUT2D eigenvalue weighted by Crippen LogP contribution is -2.31. The van der Waals surface area contributed by atoms with Gasteiger partial charge in [-0.05, 0) is 18.1 Å². The van der Waals surface area contributed by atoms with Crippen molar-refractivity contribution < 1.29 is 18.4 Å². The molecule has 0 radical (unpaired) electrons. The van der Waals surface area contributed by atoms with Gasteiger partial charge in [-0.15, -0.1) is 0 Å². The molecule has 94 valence electrons. The van der Waals surface area contributed by atoms with E-state index in [1.807, 2.05) is 0 Å². The summed E-state index contributed by atoms with van der Waals surface area (Å²) < 4.78 is 26.5. The number of rotatable bonds is 3. The van der Waals surface area contributed by atoms with Crippen LogP contribution in [-0.4, -0.2) is 25.3 Å². The molecule has 0 aliphatic carbocycles. The number of nitrogens with zero attached hydrogens (tertiary/aromatic N) is 1. The quantitative estimate of drug-likeness (QED) is 0.830. The summed E-state index contributed by atoms with van der Waals surface area (Å²) in [5.74, 6) is -1.47. The van der Waals surface area contributed by atoms with Crippen molar-refractivity contribution in [3.8, 4) is 0 Å². The van der Waals surface area contributed by atoms with E-state index in [1.54, 1.807) is 6.92 Å². The molecule has 1 aromatic carbocycles. The highest BCUT2D eigenvalue weighted by molar-refractivity contribution is 5.89. The smallest absolute Gasteiger partial charge is 0.303 e. The molecule has 4 nitrogen and oxygen atoms in total. The first-order valence-electron chi connectivity index (χ1n) is 5.06. The second-order valence-electron chi connectivity index (χ2n) is 3.39. The monoisotopic (exact) mass is 244 g/mol. The number of aryl methyl sites for hydroxylation is 1. The normalized spacial score (nSPS) is 10.2. The Labute approximate surface area is 98.1 Å². The average Bonchev–Trinajstić information content (AvgIpc) is 2.30. The van der Waals surface area contributed by atoms with E-state index in [-0.39, 0.29) is 5.69 Å². The number of halogens is 2. The highest BCUT2D eigenvalue weighted by atomic mass is 19.1. The first-order valence-corrected chi connectivity index (χ1v) is 5.06. The lowest BCUT2D eigenvalue weighted by molar-refractivity contribution is -0.0598. The van der Waals surface area contributed by atoms with Gasteiger partial charge < -0.3 is 5.32 Å². The summed E-state index contributed by atoms with van der Waals surface area (Å²) >= 11 is 0. The van der Waals surface area contributed by atoms with Gasteiger partial charge in [0.2, 0.25) is 0 Å². The maximum atomic E-state index is 13.5. The van der Waals surface area contributed by atoms with Crippen molar-refractivity contribution in [3.05, 3.63) is 29.3 Å². The Hall–Kier alpha value is -1.69. The fraction of sp³-hybridized carbons (Fsp3) is 0.364. The van der Waals surface area contributed by atoms with Crippen LogP contribution in [0.1, 0.15) is 12.5 Å². The Kier molecular flexibility index (Phi) is 4.39. The van der Waals surface area contributed by atoms with Crippen LogP contribution >= 0.6 is 0 Å². The summed E-state index contributed by atoms with van der Waals surface area (Å²) in [7, 11) is 2.68. The summed E-state index contributed by atoms with van der Waals surface area (Å²) in [6.45, 7) is 1.74. The van der Waals surface area contributed by atoms with Gasteiger partial charge in [-0.3, -0.25) is 4.84 Å². The highest BCUT2D eigenvalue weighted by Gasteiger charge is 2.15. The van der Waals surface area contributed by atoms with Crippen LogP contribution in [0.25, 0.3) is 0 Å². The van der Waals surface area contributed by atoms with E-state index in [0.29, 0.717) is 12.0 Å². The Morgan fingerprint density at radius 3 is 2.65 bits per heavy atom. The van der Waals surface area contributed by atoms with Crippen molar-refractivity contribution in [2.24, 2.45) is 0 Å². The number of carbonyl (C=O) groups is 1. The van der Waals surface area contributed by atoms with Crippen LogP contribution in [0, 0.1) is 11.6 Å². The summed E-state index contributed by atoms with van der Waals surface area (Å²) in [5, 5.41) is 3.23. The molecule has 1 aromatic rings. The fourth-order valence-corrected chi connectivity index (χ4v) is 1.31. The molecule has 0 saturated heterocycles. The molecular weight excluding hydrogens is 230 g/mol. The van der Waals surface area contributed by atoms with Crippen LogP contribution in [0.15, 0.2) is 12.1 Å². The molecule has 0 fully saturated rings. The van der Waals surface area contributed by atoms with Gasteiger partial charge >= 0.3 is 6.03 Å². The topological polar surface area (TPSA) is 41.6 Å². The SMILES string of the molecule is CCc1cc(F)cc(F)c1NC(=O)N(C)OC. The molecule has 1 rings (SSSR count). The zero-order chi connectivity index (χ0) is 13.0. The van der Waals surface area contributed by atoms with Crippen LogP contribution in [0.3, 0.4) is 0 Å². The molecule has 0 aromatic heterocycles. The Morgan fingerprint density at radius 1 is 1.47 bits per heavy atom. The van der Waals surface area contributed by atoms with Crippen molar-refractivity contribution >= 4 is 11.7 Å². The maximum Gasteiger partial charge on any atom is 0.345 e. The van der Waals surface area contributed by atoms with Crippen LogP contribution in [0.5, 0.6) is 0 Å². The number of hydrogen-bond donors (Lipinski definition) is 1. The van der Waals surface area contributed by atoms with Gasteiger partial charge in [-0.25, -0.2) is 18.6 Å². The van der Waals surface area contributed by atoms with Gasteiger partial charge in [0.1, 0.15) is 11.6 Å². The van der Waals surface area contributed by atoms with E-state index in [0.717, 1.165) is 11.1 Å². The second-order valence-corrected chi connectivity index (χ2v) is 3.39. The first-order chi connectivity index (χ1) is 7.99. The number of nitrogens with one attached hydrogen (secondary N) is 1. The van der Waals surface area contributed by atoms with Crippen molar-refractivity contribution in [1.82, 2.24) is 5.06 Å². The number of hydrogen-bond acceptors (Lipinski definition) is 2. The molecule has 0 unspecified atom stereocenters. The number of urea groups is 1. The fourth-order valence-electron chi connectivity index (χ4n) is 1.31. The molecule has 6 heteroatoms. The van der Waals surface area contributed by atoms with Gasteiger partial charge in [-0.1, -0.05) is 6.92 Å². The number of carbonyl (C=O) groups excluding carboxylic acids is 1. The number of hydroxylamine groups is 2. The van der Waals surface area contributed by atoms with Crippen molar-refractivity contribution in [3.63, 3.8) is 0 Å². The minimum absolute atomic E-state index is 0.0252. The zero-order valence-electron chi connectivity index (χ0n) is 9.88. The third kappa shape index (κ3) is 3.13. The Bertz CT molecular complexity index is 424. The first kappa shape index (κ1) is 13.4. The Balaban J connectivity index is 3.01. The summed E-state index contributed by atoms with van der Waals surface area (Å²) in [5.41, 5.74) is 0.364. The van der Waals surface area contributed by atoms with E-state index in [4.69, 9.17) is 0 Å². The third-order valence-corrected chi connectivity index (χ3v) is 2.31. The van der Waals surface area contributed by atoms with Gasteiger partial charge in [-0.2, -0.15) is 0 Å². The molecule has 0 bridgehead atoms. The average molecular weight is 244 g/mol. The summed E-state index contributed by atoms with van der Waals surface area (Å²) in [6, 6.07) is 1.28. The van der Waals surface area contributed by atoms with Crippen LogP contribution < -0.4 is 5.32 Å². The van der Waals surface area contributed by atoms with E-state index < -0.39 is 17.7 Å². The van der Waals surface area contributed by atoms with E-state index >= 15 is 0 Å². The van der Waals surface area contributed by atoms with E-state index in [2.05, 4.69) is 10.2 Å². The number of anilines is 1. The second kappa shape index (κ2) is 5.58.